The van der Waals surface area contributed by atoms with Crippen molar-refractivity contribution in [2.45, 2.75) is 45.6 Å². The summed E-state index contributed by atoms with van der Waals surface area (Å²) in [6, 6.07) is 0.715. The third kappa shape index (κ3) is 3.27. The number of aromatic nitrogens is 3. The molecule has 0 unspecified atom stereocenters. The molecule has 0 atom stereocenters. The molecule has 112 valence electrons. The van der Waals surface area contributed by atoms with Gasteiger partial charge >= 0.3 is 6.01 Å². The molecule has 7 nitrogen and oxygen atoms in total. The van der Waals surface area contributed by atoms with Gasteiger partial charge in [0.15, 0.2) is 0 Å². The van der Waals surface area contributed by atoms with Crippen LogP contribution in [-0.4, -0.2) is 35.2 Å². The first kappa shape index (κ1) is 14.8. The summed E-state index contributed by atoms with van der Waals surface area (Å²) in [6.07, 6.45) is 4.71. The molecule has 20 heavy (non-hydrogen) atoms. The molecule has 1 fully saturated rings. The Bertz CT molecular complexity index is 432. The molecule has 0 aromatic carbocycles. The van der Waals surface area contributed by atoms with E-state index in [0.717, 1.165) is 12.8 Å². The Morgan fingerprint density at radius 2 is 1.90 bits per heavy atom. The quantitative estimate of drug-likeness (QED) is 0.639. The fraction of sp³-hybridized carbons (Fsp3) is 0.769. The Morgan fingerprint density at radius 3 is 2.45 bits per heavy atom. The molecule has 1 aliphatic carbocycles. The van der Waals surface area contributed by atoms with Crippen molar-refractivity contribution in [3.05, 3.63) is 0 Å². The predicted octanol–water partition coefficient (Wildman–Crippen LogP) is 1.57. The lowest BCUT2D eigenvalue weighted by Crippen LogP contribution is -2.38. The standard InChI is InChI=1S/C13H24N6O/c1-13(2)7-5-9(6-8-13)19(3)11-15-10(18-14)16-12(17-11)20-4/h9H,5-8,14H2,1-4H3,(H,15,16,17,18). The highest BCUT2D eigenvalue weighted by Gasteiger charge is 2.30. The summed E-state index contributed by atoms with van der Waals surface area (Å²) < 4.78 is 5.08. The SMILES string of the molecule is COc1nc(NN)nc(N(C)C2CCC(C)(C)CC2)n1. The number of nitrogens with one attached hydrogen (secondary N) is 1. The van der Waals surface area contributed by atoms with Crippen molar-refractivity contribution in [2.75, 3.05) is 24.5 Å². The molecule has 1 aliphatic rings. The maximum atomic E-state index is 5.38. The maximum Gasteiger partial charge on any atom is 0.322 e. The van der Waals surface area contributed by atoms with E-state index in [9.17, 15) is 0 Å². The molecule has 1 aromatic rings. The lowest BCUT2D eigenvalue weighted by atomic mass is 9.75. The molecule has 1 heterocycles. The maximum absolute atomic E-state index is 5.38. The number of methoxy groups -OCH3 is 1. The number of rotatable bonds is 4. The molecule has 0 spiro atoms. The van der Waals surface area contributed by atoms with Crippen LogP contribution in [0, 0.1) is 5.41 Å². The molecule has 1 saturated carbocycles. The second kappa shape index (κ2) is 5.78. The van der Waals surface area contributed by atoms with Gasteiger partial charge in [0.1, 0.15) is 0 Å². The zero-order chi connectivity index (χ0) is 14.8. The number of ether oxygens (including phenoxy) is 1. The first-order valence-corrected chi connectivity index (χ1v) is 6.95. The molecule has 0 aliphatic heterocycles. The minimum absolute atomic E-state index is 0.269. The van der Waals surface area contributed by atoms with Gasteiger partial charge in [0.25, 0.3) is 0 Å². The summed E-state index contributed by atoms with van der Waals surface area (Å²) in [7, 11) is 3.54. The Kier molecular flexibility index (Phi) is 4.27. The summed E-state index contributed by atoms with van der Waals surface area (Å²) in [5.74, 6) is 6.29. The van der Waals surface area contributed by atoms with Crippen LogP contribution in [0.4, 0.5) is 11.9 Å². The summed E-state index contributed by atoms with van der Waals surface area (Å²) in [5, 5.41) is 0. The van der Waals surface area contributed by atoms with Crippen LogP contribution in [0.5, 0.6) is 6.01 Å². The summed E-state index contributed by atoms with van der Waals surface area (Å²) in [4.78, 5) is 14.7. The number of nitrogen functional groups attached to an aromatic ring is 1. The summed E-state index contributed by atoms with van der Waals surface area (Å²) >= 11 is 0. The van der Waals surface area contributed by atoms with Crippen LogP contribution in [0.25, 0.3) is 0 Å². The minimum atomic E-state index is 0.269. The van der Waals surface area contributed by atoms with Gasteiger partial charge in [0, 0.05) is 13.1 Å². The van der Waals surface area contributed by atoms with Gasteiger partial charge < -0.3 is 9.64 Å². The van der Waals surface area contributed by atoms with Crippen molar-refractivity contribution in [3.8, 4) is 6.01 Å². The van der Waals surface area contributed by atoms with Crippen LogP contribution in [0.3, 0.4) is 0 Å². The van der Waals surface area contributed by atoms with Crippen molar-refractivity contribution in [2.24, 2.45) is 11.3 Å². The van der Waals surface area contributed by atoms with Crippen molar-refractivity contribution in [1.29, 1.82) is 0 Å². The van der Waals surface area contributed by atoms with E-state index in [1.807, 2.05) is 7.05 Å². The van der Waals surface area contributed by atoms with Crippen molar-refractivity contribution in [1.82, 2.24) is 15.0 Å². The summed E-state index contributed by atoms with van der Waals surface area (Å²) in [6.45, 7) is 4.65. The smallest absolute Gasteiger partial charge is 0.322 e. The zero-order valence-electron chi connectivity index (χ0n) is 12.7. The molecule has 7 heteroatoms. The molecule has 1 aromatic heterocycles. The molecule has 2 rings (SSSR count). The van der Waals surface area contributed by atoms with Gasteiger partial charge in [-0.25, -0.2) is 5.84 Å². The largest absolute Gasteiger partial charge is 0.467 e. The van der Waals surface area contributed by atoms with E-state index in [1.54, 1.807) is 0 Å². The highest BCUT2D eigenvalue weighted by Crippen LogP contribution is 2.37. The van der Waals surface area contributed by atoms with Gasteiger partial charge in [0.2, 0.25) is 11.9 Å². The Labute approximate surface area is 119 Å². The van der Waals surface area contributed by atoms with Gasteiger partial charge in [0.05, 0.1) is 7.11 Å². The van der Waals surface area contributed by atoms with Crippen LogP contribution in [0.15, 0.2) is 0 Å². The second-order valence-corrected chi connectivity index (χ2v) is 6.10. The lowest BCUT2D eigenvalue weighted by molar-refractivity contribution is 0.221. The van der Waals surface area contributed by atoms with Gasteiger partial charge in [-0.2, -0.15) is 15.0 Å². The fourth-order valence-corrected chi connectivity index (χ4v) is 2.59. The van der Waals surface area contributed by atoms with Gasteiger partial charge in [-0.1, -0.05) is 13.8 Å². The summed E-state index contributed by atoms with van der Waals surface area (Å²) in [5.41, 5.74) is 2.89. The van der Waals surface area contributed by atoms with E-state index in [2.05, 4.69) is 39.1 Å². The Morgan fingerprint density at radius 1 is 1.25 bits per heavy atom. The highest BCUT2D eigenvalue weighted by atomic mass is 16.5. The van der Waals surface area contributed by atoms with E-state index in [4.69, 9.17) is 10.6 Å². The monoisotopic (exact) mass is 280 g/mol. The third-order valence-electron chi connectivity index (χ3n) is 4.09. The van der Waals surface area contributed by atoms with Crippen molar-refractivity contribution in [3.63, 3.8) is 0 Å². The Hall–Kier alpha value is -1.63. The molecular formula is C13H24N6O. The van der Waals surface area contributed by atoms with Crippen LogP contribution in [0.1, 0.15) is 39.5 Å². The third-order valence-corrected chi connectivity index (χ3v) is 4.09. The zero-order valence-corrected chi connectivity index (χ0v) is 12.7. The van der Waals surface area contributed by atoms with Crippen molar-refractivity contribution < 1.29 is 4.74 Å². The second-order valence-electron chi connectivity index (χ2n) is 6.10. The topological polar surface area (TPSA) is 89.2 Å². The van der Waals surface area contributed by atoms with Gasteiger partial charge in [-0.15, -0.1) is 0 Å². The average molecular weight is 280 g/mol. The number of anilines is 2. The van der Waals surface area contributed by atoms with E-state index in [-0.39, 0.29) is 6.01 Å². The van der Waals surface area contributed by atoms with E-state index in [1.165, 1.54) is 20.0 Å². The van der Waals surface area contributed by atoms with Crippen molar-refractivity contribution >= 4 is 11.9 Å². The van der Waals surface area contributed by atoms with Crippen LogP contribution < -0.4 is 20.9 Å². The number of nitrogens with two attached hydrogens (primary N) is 1. The first-order valence-electron chi connectivity index (χ1n) is 6.95. The molecule has 0 bridgehead atoms. The predicted molar refractivity (Wildman–Crippen MR) is 78.6 cm³/mol. The van der Waals surface area contributed by atoms with Crippen LogP contribution in [0.2, 0.25) is 0 Å². The average Bonchev–Trinajstić information content (AvgIpc) is 2.46. The number of nitrogens with zero attached hydrogens (tertiary/aromatic N) is 4. The van der Waals surface area contributed by atoms with Crippen LogP contribution in [-0.2, 0) is 0 Å². The van der Waals surface area contributed by atoms with E-state index >= 15 is 0 Å². The fourth-order valence-electron chi connectivity index (χ4n) is 2.59. The molecule has 3 N–H and O–H groups in total. The molecule has 0 saturated heterocycles. The van der Waals surface area contributed by atoms with Gasteiger partial charge in [-0.3, -0.25) is 5.43 Å². The number of hydrogen-bond acceptors (Lipinski definition) is 7. The number of hydrogen-bond donors (Lipinski definition) is 2. The van der Waals surface area contributed by atoms with Gasteiger partial charge in [-0.05, 0) is 31.1 Å². The normalized spacial score (nSPS) is 18.6. The number of hydrazine groups is 1. The van der Waals surface area contributed by atoms with Crippen LogP contribution >= 0.6 is 0 Å². The van der Waals surface area contributed by atoms with E-state index < -0.39 is 0 Å². The minimum Gasteiger partial charge on any atom is -0.467 e. The molecular weight excluding hydrogens is 256 g/mol. The Balaban J connectivity index is 2.14. The van der Waals surface area contributed by atoms with E-state index in [0.29, 0.717) is 23.4 Å². The molecule has 0 radical (unpaired) electrons. The molecule has 0 amide bonds. The first-order chi connectivity index (χ1) is 9.45. The highest BCUT2D eigenvalue weighted by molar-refractivity contribution is 5.38. The lowest BCUT2D eigenvalue weighted by Gasteiger charge is -2.38.